The van der Waals surface area contributed by atoms with Crippen molar-refractivity contribution in [3.05, 3.63) is 0 Å². The highest BCUT2D eigenvalue weighted by atomic mass is 16.5. The maximum Gasteiger partial charge on any atom is 0.312 e. The zero-order valence-electron chi connectivity index (χ0n) is 12.6. The zero-order valence-corrected chi connectivity index (χ0v) is 12.6. The lowest BCUT2D eigenvalue weighted by Gasteiger charge is -2.38. The predicted octanol–water partition coefficient (Wildman–Crippen LogP) is -0.813. The van der Waals surface area contributed by atoms with E-state index in [9.17, 15) is 20.1 Å². The molecule has 0 amide bonds. The summed E-state index contributed by atoms with van der Waals surface area (Å²) < 4.78 is 5.02. The average Bonchev–Trinajstić information content (AvgIpc) is 2.39. The van der Waals surface area contributed by atoms with Gasteiger partial charge >= 0.3 is 5.97 Å². The van der Waals surface area contributed by atoms with Gasteiger partial charge in [-0.25, -0.2) is 0 Å². The molecule has 0 atom stereocenters. The van der Waals surface area contributed by atoms with Gasteiger partial charge in [-0.3, -0.25) is 4.79 Å². The van der Waals surface area contributed by atoms with Gasteiger partial charge in [-0.05, 0) is 39.0 Å². The number of carbonyl (C=O) groups is 1. The van der Waals surface area contributed by atoms with Crippen LogP contribution in [0.15, 0.2) is 0 Å². The minimum Gasteiger partial charge on any atom is -0.466 e. The maximum absolute atomic E-state index is 12.3. The zero-order chi connectivity index (χ0) is 16.4. The lowest BCUT2D eigenvalue weighted by atomic mass is 9.71. The van der Waals surface area contributed by atoms with Crippen LogP contribution in [0, 0.1) is 5.41 Å². The molecule has 7 heteroatoms. The Kier molecular flexibility index (Phi) is 9.72. The van der Waals surface area contributed by atoms with Gasteiger partial charge in [0, 0.05) is 26.4 Å². The van der Waals surface area contributed by atoms with E-state index in [0.717, 1.165) is 0 Å². The molecule has 0 fully saturated rings. The molecule has 5 N–H and O–H groups in total. The van der Waals surface area contributed by atoms with E-state index in [-0.39, 0.29) is 65.1 Å². The van der Waals surface area contributed by atoms with Gasteiger partial charge in [0.15, 0.2) is 0 Å². The third-order valence-electron chi connectivity index (χ3n) is 3.71. The van der Waals surface area contributed by atoms with Gasteiger partial charge in [-0.15, -0.1) is 0 Å². The number of rotatable bonds is 12. The van der Waals surface area contributed by atoms with Crippen LogP contribution in [0.1, 0.15) is 39.0 Å². The first kappa shape index (κ1) is 20.3. The van der Waals surface area contributed by atoms with Crippen LogP contribution in [0.4, 0.5) is 0 Å². The first-order valence-corrected chi connectivity index (χ1v) is 7.26. The molecular weight excluding hydrogens is 280 g/mol. The predicted molar refractivity (Wildman–Crippen MR) is 75.4 cm³/mol. The highest BCUT2D eigenvalue weighted by molar-refractivity contribution is 5.77. The molecule has 0 spiro atoms. The molecule has 7 nitrogen and oxygen atoms in total. The lowest BCUT2D eigenvalue weighted by Crippen LogP contribution is -2.45. The van der Waals surface area contributed by atoms with Crippen molar-refractivity contribution in [1.82, 2.24) is 0 Å². The van der Waals surface area contributed by atoms with E-state index >= 15 is 0 Å². The van der Waals surface area contributed by atoms with E-state index in [1.807, 2.05) is 0 Å². The molecule has 126 valence electrons. The normalized spacial score (nSPS) is 12.5. The van der Waals surface area contributed by atoms with E-state index < -0.39 is 17.0 Å². The van der Waals surface area contributed by atoms with Gasteiger partial charge in [0.2, 0.25) is 0 Å². The minimum atomic E-state index is -1.46. The fourth-order valence-electron chi connectivity index (χ4n) is 2.64. The number of esters is 1. The topological polar surface area (TPSA) is 127 Å². The lowest BCUT2D eigenvalue weighted by molar-refractivity contribution is -0.164. The van der Waals surface area contributed by atoms with E-state index in [2.05, 4.69) is 0 Å². The van der Waals surface area contributed by atoms with Crippen LogP contribution in [0.2, 0.25) is 0 Å². The highest BCUT2D eigenvalue weighted by Gasteiger charge is 2.45. The van der Waals surface area contributed by atoms with Gasteiger partial charge in [0.1, 0.15) is 0 Å². The molecule has 0 heterocycles. The summed E-state index contributed by atoms with van der Waals surface area (Å²) in [5.41, 5.74) is -2.70. The fraction of sp³-hybridized carbons (Fsp3) is 0.929. The molecule has 0 bridgehead atoms. The third kappa shape index (κ3) is 6.27. The number of aliphatic hydroxyl groups is 5. The summed E-state index contributed by atoms with van der Waals surface area (Å²) in [6.45, 7) is 0.603. The summed E-state index contributed by atoms with van der Waals surface area (Å²) in [7, 11) is 0. The van der Waals surface area contributed by atoms with Crippen LogP contribution in [-0.4, -0.2) is 70.1 Å². The van der Waals surface area contributed by atoms with Crippen LogP contribution in [0.3, 0.4) is 0 Å². The van der Waals surface area contributed by atoms with Gasteiger partial charge in [-0.2, -0.15) is 0 Å². The smallest absolute Gasteiger partial charge is 0.312 e. The molecule has 0 radical (unpaired) electrons. The molecule has 0 aliphatic rings. The molecule has 0 saturated carbocycles. The summed E-state index contributed by atoms with van der Waals surface area (Å²) in [6, 6.07) is 0. The Balaban J connectivity index is 5.37. The van der Waals surface area contributed by atoms with Gasteiger partial charge in [-0.1, -0.05) is 0 Å². The van der Waals surface area contributed by atoms with Crippen molar-refractivity contribution in [2.45, 2.75) is 44.6 Å². The molecule has 21 heavy (non-hydrogen) atoms. The molecule has 0 rings (SSSR count). The van der Waals surface area contributed by atoms with Crippen LogP contribution < -0.4 is 0 Å². The van der Waals surface area contributed by atoms with E-state index in [1.54, 1.807) is 6.92 Å². The highest BCUT2D eigenvalue weighted by Crippen LogP contribution is 2.39. The van der Waals surface area contributed by atoms with E-state index in [0.29, 0.717) is 0 Å². The van der Waals surface area contributed by atoms with Crippen LogP contribution in [-0.2, 0) is 9.53 Å². The second-order valence-corrected chi connectivity index (χ2v) is 5.30. The maximum atomic E-state index is 12.3. The Morgan fingerprint density at radius 3 is 1.67 bits per heavy atom. The summed E-state index contributed by atoms with van der Waals surface area (Å²) in [4.78, 5) is 12.3. The Hall–Kier alpha value is -0.730. The van der Waals surface area contributed by atoms with Crippen molar-refractivity contribution in [3.8, 4) is 0 Å². The number of ether oxygens (including phenoxy) is 1. The van der Waals surface area contributed by atoms with Crippen molar-refractivity contribution in [2.24, 2.45) is 5.41 Å². The number of hydrogen-bond acceptors (Lipinski definition) is 7. The van der Waals surface area contributed by atoms with E-state index in [1.165, 1.54) is 0 Å². The van der Waals surface area contributed by atoms with Crippen LogP contribution in [0.5, 0.6) is 0 Å². The Bertz CT molecular complexity index is 281. The van der Waals surface area contributed by atoms with Crippen molar-refractivity contribution in [2.75, 3.05) is 33.0 Å². The summed E-state index contributed by atoms with van der Waals surface area (Å²) in [5.74, 6) is -0.595. The fourth-order valence-corrected chi connectivity index (χ4v) is 2.64. The second kappa shape index (κ2) is 10.1. The minimum absolute atomic E-state index is 0.00836. The summed E-state index contributed by atoms with van der Waals surface area (Å²) >= 11 is 0. The molecule has 0 aliphatic carbocycles. The molecule has 0 aromatic rings. The quantitative estimate of drug-likeness (QED) is 0.298. The first-order valence-electron chi connectivity index (χ1n) is 7.26. The molecule has 0 aromatic heterocycles. The first-order chi connectivity index (χ1) is 9.93. The van der Waals surface area contributed by atoms with Crippen molar-refractivity contribution in [1.29, 1.82) is 0 Å². The van der Waals surface area contributed by atoms with E-state index in [4.69, 9.17) is 14.9 Å². The van der Waals surface area contributed by atoms with Gasteiger partial charge in [0.25, 0.3) is 0 Å². The SMILES string of the molecule is CCOC(=O)C(CCO)(CCO)CC(O)(CCO)CCO. The third-order valence-corrected chi connectivity index (χ3v) is 3.71. The van der Waals surface area contributed by atoms with Gasteiger partial charge < -0.3 is 30.3 Å². The molecule has 0 unspecified atom stereocenters. The summed E-state index contributed by atoms with van der Waals surface area (Å²) in [6.07, 6.45) is -0.0463. The van der Waals surface area contributed by atoms with Crippen molar-refractivity contribution in [3.63, 3.8) is 0 Å². The Labute approximate surface area is 125 Å². The molecule has 0 aliphatic heterocycles. The largest absolute Gasteiger partial charge is 0.466 e. The molecule has 0 aromatic carbocycles. The Morgan fingerprint density at radius 1 is 0.905 bits per heavy atom. The van der Waals surface area contributed by atoms with Crippen molar-refractivity contribution < 1.29 is 35.1 Å². The monoisotopic (exact) mass is 308 g/mol. The van der Waals surface area contributed by atoms with Crippen LogP contribution in [0.25, 0.3) is 0 Å². The molecular formula is C14H28O7. The number of aliphatic hydroxyl groups excluding tert-OH is 4. The van der Waals surface area contributed by atoms with Gasteiger partial charge in [0.05, 0.1) is 17.6 Å². The number of carbonyl (C=O) groups excluding carboxylic acids is 1. The second-order valence-electron chi connectivity index (χ2n) is 5.30. The standard InChI is InChI=1S/C14H28O7/c1-2-21-12(19)13(3-7-15,4-8-16)11-14(20,5-9-17)6-10-18/h15-18,20H,2-11H2,1H3. The van der Waals surface area contributed by atoms with Crippen molar-refractivity contribution >= 4 is 5.97 Å². The molecule has 0 saturated heterocycles. The summed E-state index contributed by atoms with van der Waals surface area (Å²) in [5, 5.41) is 47.1. The van der Waals surface area contributed by atoms with Crippen LogP contribution >= 0.6 is 0 Å². The Morgan fingerprint density at radius 2 is 1.33 bits per heavy atom. The number of hydrogen-bond donors (Lipinski definition) is 5. The average molecular weight is 308 g/mol.